The standard InChI is InChI=1S/C17H22ClF2N3O3/c1-3-5-22-15(24)9-14(16(21)25)23(6-4-2)17(26)10-7-12(19)13(20)8-11(10)18/h7-8,14H,3-6,9H2,1-2H3,(H2,21,25)(H,22,24)/t14-/m1/s1. The predicted octanol–water partition coefficient (Wildman–Crippen LogP) is 2.24. The number of benzene rings is 1. The first-order valence-electron chi connectivity index (χ1n) is 8.24. The molecule has 0 radical (unpaired) electrons. The molecular weight excluding hydrogens is 368 g/mol. The van der Waals surface area contributed by atoms with Crippen molar-refractivity contribution in [3.63, 3.8) is 0 Å². The third kappa shape index (κ3) is 5.66. The topological polar surface area (TPSA) is 92.5 Å². The van der Waals surface area contributed by atoms with E-state index in [1.807, 2.05) is 6.92 Å². The number of hydrogen-bond donors (Lipinski definition) is 2. The third-order valence-electron chi connectivity index (χ3n) is 3.62. The van der Waals surface area contributed by atoms with Crippen molar-refractivity contribution < 1.29 is 23.2 Å². The lowest BCUT2D eigenvalue weighted by Gasteiger charge is -2.29. The van der Waals surface area contributed by atoms with E-state index in [1.165, 1.54) is 0 Å². The zero-order valence-corrected chi connectivity index (χ0v) is 15.4. The van der Waals surface area contributed by atoms with E-state index in [1.54, 1.807) is 6.92 Å². The molecule has 1 rings (SSSR count). The second-order valence-corrected chi connectivity index (χ2v) is 6.12. The summed E-state index contributed by atoms with van der Waals surface area (Å²) in [6.45, 7) is 4.12. The summed E-state index contributed by atoms with van der Waals surface area (Å²) in [6, 6.07) is 0.114. The van der Waals surface area contributed by atoms with E-state index < -0.39 is 35.4 Å². The maximum absolute atomic E-state index is 13.5. The lowest BCUT2D eigenvalue weighted by molar-refractivity contribution is -0.129. The molecule has 0 saturated carbocycles. The number of rotatable bonds is 9. The Labute approximate surface area is 155 Å². The number of carbonyl (C=O) groups is 3. The molecule has 9 heteroatoms. The lowest BCUT2D eigenvalue weighted by Crippen LogP contribution is -2.50. The van der Waals surface area contributed by atoms with Gasteiger partial charge in [-0.2, -0.15) is 0 Å². The smallest absolute Gasteiger partial charge is 0.256 e. The van der Waals surface area contributed by atoms with Crippen LogP contribution in [0.2, 0.25) is 5.02 Å². The van der Waals surface area contributed by atoms with Gasteiger partial charge >= 0.3 is 0 Å². The predicted molar refractivity (Wildman–Crippen MR) is 93.6 cm³/mol. The van der Waals surface area contributed by atoms with Crippen LogP contribution in [0.15, 0.2) is 12.1 Å². The monoisotopic (exact) mass is 389 g/mol. The van der Waals surface area contributed by atoms with Gasteiger partial charge in [0.1, 0.15) is 6.04 Å². The Morgan fingerprint density at radius 3 is 2.35 bits per heavy atom. The van der Waals surface area contributed by atoms with Crippen molar-refractivity contribution in [2.24, 2.45) is 5.73 Å². The Bertz CT molecular complexity index is 685. The van der Waals surface area contributed by atoms with E-state index in [0.29, 0.717) is 31.5 Å². The van der Waals surface area contributed by atoms with Crippen molar-refractivity contribution in [2.45, 2.75) is 39.2 Å². The minimum atomic E-state index is -1.24. The van der Waals surface area contributed by atoms with Crippen LogP contribution in [0.25, 0.3) is 0 Å². The quantitative estimate of drug-likeness (QED) is 0.634. The molecule has 0 heterocycles. The van der Waals surface area contributed by atoms with Crippen molar-refractivity contribution in [1.29, 1.82) is 0 Å². The highest BCUT2D eigenvalue weighted by atomic mass is 35.5. The number of primary amides is 1. The Balaban J connectivity index is 3.17. The van der Waals surface area contributed by atoms with Crippen molar-refractivity contribution in [3.8, 4) is 0 Å². The number of nitrogens with zero attached hydrogens (tertiary/aromatic N) is 1. The molecule has 0 bridgehead atoms. The van der Waals surface area contributed by atoms with Crippen molar-refractivity contribution in [3.05, 3.63) is 34.4 Å². The molecule has 0 aliphatic rings. The van der Waals surface area contributed by atoms with Gasteiger partial charge in [-0.1, -0.05) is 25.4 Å². The Kier molecular flexibility index (Phi) is 8.44. The first kappa shape index (κ1) is 21.8. The molecule has 0 aliphatic heterocycles. The molecule has 0 spiro atoms. The summed E-state index contributed by atoms with van der Waals surface area (Å²) < 4.78 is 26.8. The first-order valence-corrected chi connectivity index (χ1v) is 8.62. The number of nitrogens with one attached hydrogen (secondary N) is 1. The fourth-order valence-corrected chi connectivity index (χ4v) is 2.59. The van der Waals surface area contributed by atoms with Crippen molar-refractivity contribution in [2.75, 3.05) is 13.1 Å². The summed E-state index contributed by atoms with van der Waals surface area (Å²) >= 11 is 5.85. The maximum atomic E-state index is 13.5. The van der Waals surface area contributed by atoms with Gasteiger partial charge in [0.05, 0.1) is 17.0 Å². The van der Waals surface area contributed by atoms with Crippen molar-refractivity contribution >= 4 is 29.3 Å². The van der Waals surface area contributed by atoms with Crippen LogP contribution < -0.4 is 11.1 Å². The van der Waals surface area contributed by atoms with Gasteiger partial charge in [-0.15, -0.1) is 0 Å². The van der Waals surface area contributed by atoms with Crippen LogP contribution in [0, 0.1) is 11.6 Å². The zero-order chi connectivity index (χ0) is 19.9. The van der Waals surface area contributed by atoms with Gasteiger partial charge in [0.25, 0.3) is 5.91 Å². The van der Waals surface area contributed by atoms with Crippen LogP contribution in [0.4, 0.5) is 8.78 Å². The summed E-state index contributed by atoms with van der Waals surface area (Å²) in [6.07, 6.45) is 0.824. The summed E-state index contributed by atoms with van der Waals surface area (Å²) in [5, 5.41) is 2.30. The van der Waals surface area contributed by atoms with Gasteiger partial charge in [0.15, 0.2) is 11.6 Å². The number of hydrogen-bond acceptors (Lipinski definition) is 3. The number of halogens is 3. The molecule has 0 unspecified atom stereocenters. The number of carbonyl (C=O) groups excluding carboxylic acids is 3. The molecule has 0 fully saturated rings. The average Bonchev–Trinajstić information content (AvgIpc) is 2.58. The molecule has 0 aromatic heterocycles. The lowest BCUT2D eigenvalue weighted by atomic mass is 10.1. The summed E-state index contributed by atoms with van der Waals surface area (Å²) in [5.41, 5.74) is 5.07. The first-order chi connectivity index (χ1) is 12.2. The van der Waals surface area contributed by atoms with Gasteiger partial charge < -0.3 is 16.0 Å². The van der Waals surface area contributed by atoms with Crippen LogP contribution in [-0.4, -0.2) is 41.8 Å². The molecule has 0 saturated heterocycles. The van der Waals surface area contributed by atoms with Gasteiger partial charge in [-0.25, -0.2) is 8.78 Å². The van der Waals surface area contributed by atoms with E-state index in [0.717, 1.165) is 4.90 Å². The Hall–Kier alpha value is -2.22. The Morgan fingerprint density at radius 1 is 1.19 bits per heavy atom. The highest BCUT2D eigenvalue weighted by molar-refractivity contribution is 6.33. The van der Waals surface area contributed by atoms with E-state index >= 15 is 0 Å². The normalized spacial score (nSPS) is 11.7. The van der Waals surface area contributed by atoms with Crippen LogP contribution in [0.5, 0.6) is 0 Å². The summed E-state index contributed by atoms with van der Waals surface area (Å²) in [7, 11) is 0. The molecule has 3 N–H and O–H groups in total. The number of nitrogens with two attached hydrogens (primary N) is 1. The summed E-state index contributed by atoms with van der Waals surface area (Å²) in [4.78, 5) is 37.6. The van der Waals surface area contributed by atoms with E-state index in [9.17, 15) is 23.2 Å². The van der Waals surface area contributed by atoms with E-state index in [4.69, 9.17) is 17.3 Å². The second-order valence-electron chi connectivity index (χ2n) is 5.72. The van der Waals surface area contributed by atoms with Gasteiger partial charge in [-0.3, -0.25) is 14.4 Å². The van der Waals surface area contributed by atoms with Gasteiger partial charge in [0.2, 0.25) is 11.8 Å². The van der Waals surface area contributed by atoms with Crippen LogP contribution in [0.3, 0.4) is 0 Å². The molecule has 26 heavy (non-hydrogen) atoms. The largest absolute Gasteiger partial charge is 0.368 e. The van der Waals surface area contributed by atoms with E-state index in [-0.39, 0.29) is 23.6 Å². The molecule has 0 aliphatic carbocycles. The zero-order valence-electron chi connectivity index (χ0n) is 14.7. The molecule has 1 aromatic carbocycles. The summed E-state index contributed by atoms with van der Waals surface area (Å²) in [5.74, 6) is -4.56. The fraction of sp³-hybridized carbons (Fsp3) is 0.471. The fourth-order valence-electron chi connectivity index (χ4n) is 2.36. The second kappa shape index (κ2) is 10.1. The molecule has 144 valence electrons. The minimum absolute atomic E-state index is 0.0861. The maximum Gasteiger partial charge on any atom is 0.256 e. The van der Waals surface area contributed by atoms with Gasteiger partial charge in [-0.05, 0) is 25.0 Å². The molecule has 1 aromatic rings. The minimum Gasteiger partial charge on any atom is -0.368 e. The van der Waals surface area contributed by atoms with Crippen LogP contribution in [-0.2, 0) is 9.59 Å². The van der Waals surface area contributed by atoms with Gasteiger partial charge in [0, 0.05) is 13.1 Å². The van der Waals surface area contributed by atoms with E-state index in [2.05, 4.69) is 5.32 Å². The SMILES string of the molecule is CCCNC(=O)C[C@H](C(N)=O)N(CCC)C(=O)c1cc(F)c(F)cc1Cl. The van der Waals surface area contributed by atoms with Crippen LogP contribution in [0.1, 0.15) is 43.5 Å². The average molecular weight is 390 g/mol. The highest BCUT2D eigenvalue weighted by Gasteiger charge is 2.31. The molecule has 3 amide bonds. The highest BCUT2D eigenvalue weighted by Crippen LogP contribution is 2.23. The molecule has 1 atom stereocenters. The number of amides is 3. The molecular formula is C17H22ClF2N3O3. The van der Waals surface area contributed by atoms with Crippen molar-refractivity contribution in [1.82, 2.24) is 10.2 Å². The van der Waals surface area contributed by atoms with Crippen LogP contribution >= 0.6 is 11.6 Å². The Morgan fingerprint density at radius 2 is 1.81 bits per heavy atom. The third-order valence-corrected chi connectivity index (χ3v) is 3.93. The molecule has 6 nitrogen and oxygen atoms in total.